The van der Waals surface area contributed by atoms with Crippen molar-refractivity contribution in [3.8, 4) is 0 Å². The summed E-state index contributed by atoms with van der Waals surface area (Å²) in [6, 6.07) is 12.5. The molecular formula is C22H28N2O2S. The van der Waals surface area contributed by atoms with Crippen molar-refractivity contribution in [3.05, 3.63) is 57.8 Å². The van der Waals surface area contributed by atoms with Crippen LogP contribution in [0.15, 0.2) is 41.8 Å². The van der Waals surface area contributed by atoms with E-state index in [-0.39, 0.29) is 11.9 Å². The van der Waals surface area contributed by atoms with Gasteiger partial charge in [-0.25, -0.2) is 0 Å². The lowest BCUT2D eigenvalue weighted by atomic mass is 9.96. The summed E-state index contributed by atoms with van der Waals surface area (Å²) in [5.74, 6) is 0.605. The fourth-order valence-corrected chi connectivity index (χ4v) is 5.10. The molecule has 5 heteroatoms. The molecule has 0 bridgehead atoms. The lowest BCUT2D eigenvalue weighted by molar-refractivity contribution is 0.0342. The fraction of sp³-hybridized carbons (Fsp3) is 0.500. The molecule has 1 aliphatic heterocycles. The summed E-state index contributed by atoms with van der Waals surface area (Å²) in [4.78, 5) is 16.7. The Morgan fingerprint density at radius 3 is 2.74 bits per heavy atom. The van der Waals surface area contributed by atoms with Crippen LogP contribution < -0.4 is 5.32 Å². The highest BCUT2D eigenvalue weighted by molar-refractivity contribution is 7.10. The third-order valence-electron chi connectivity index (χ3n) is 5.71. The number of nitrogens with one attached hydrogen (secondary N) is 1. The number of rotatable bonds is 6. The zero-order valence-electron chi connectivity index (χ0n) is 15.7. The minimum atomic E-state index is 0.0455. The van der Waals surface area contributed by atoms with Crippen molar-refractivity contribution < 1.29 is 9.53 Å². The second-order valence-corrected chi connectivity index (χ2v) is 8.58. The normalized spacial score (nSPS) is 19.9. The van der Waals surface area contributed by atoms with E-state index in [1.165, 1.54) is 36.1 Å². The summed E-state index contributed by atoms with van der Waals surface area (Å²) in [6.07, 6.45) is 4.97. The number of morpholine rings is 1. The molecule has 1 aromatic heterocycles. The van der Waals surface area contributed by atoms with Gasteiger partial charge in [0.25, 0.3) is 5.91 Å². The number of ether oxygens (including phenoxy) is 1. The van der Waals surface area contributed by atoms with E-state index in [0.29, 0.717) is 5.92 Å². The predicted octanol–water partition coefficient (Wildman–Crippen LogP) is 4.24. The Morgan fingerprint density at radius 2 is 2.00 bits per heavy atom. The zero-order valence-corrected chi connectivity index (χ0v) is 16.5. The Bertz CT molecular complexity index is 735. The van der Waals surface area contributed by atoms with Gasteiger partial charge < -0.3 is 10.1 Å². The fourth-order valence-electron chi connectivity index (χ4n) is 4.23. The molecule has 4 rings (SSSR count). The molecule has 1 aliphatic carbocycles. The van der Waals surface area contributed by atoms with Crippen LogP contribution in [0.25, 0.3) is 0 Å². The first kappa shape index (κ1) is 18.7. The minimum absolute atomic E-state index is 0.0455. The molecule has 2 aromatic rings. The average molecular weight is 385 g/mol. The number of hydrogen-bond donors (Lipinski definition) is 1. The molecule has 0 radical (unpaired) electrons. The summed E-state index contributed by atoms with van der Waals surface area (Å²) >= 11 is 1.75. The molecule has 144 valence electrons. The van der Waals surface area contributed by atoms with Gasteiger partial charge in [-0.05, 0) is 47.9 Å². The highest BCUT2D eigenvalue weighted by Crippen LogP contribution is 2.37. The Morgan fingerprint density at radius 1 is 1.19 bits per heavy atom. The maximum absolute atomic E-state index is 13.0. The average Bonchev–Trinajstić information content (AvgIpc) is 3.41. The number of amides is 1. The van der Waals surface area contributed by atoms with Crippen molar-refractivity contribution in [1.29, 1.82) is 0 Å². The standard InChI is InChI=1S/C22H28N2O2S/c25-22(23-21(18-6-1-2-7-18)20-9-4-14-27-20)19-8-3-5-17(15-19)16-24-10-12-26-13-11-24/h3-5,8-9,14-15,18,21H,1-2,6-7,10-13,16H2,(H,23,25). The van der Waals surface area contributed by atoms with Crippen LogP contribution in [-0.2, 0) is 11.3 Å². The van der Waals surface area contributed by atoms with Crippen molar-refractivity contribution in [2.75, 3.05) is 26.3 Å². The van der Waals surface area contributed by atoms with E-state index in [1.54, 1.807) is 11.3 Å². The van der Waals surface area contributed by atoms with Gasteiger partial charge in [0.15, 0.2) is 0 Å². The lowest BCUT2D eigenvalue weighted by Gasteiger charge is -2.27. The van der Waals surface area contributed by atoms with Gasteiger partial charge in [-0.15, -0.1) is 11.3 Å². The molecule has 1 aromatic carbocycles. The first-order chi connectivity index (χ1) is 13.3. The van der Waals surface area contributed by atoms with Gasteiger partial charge >= 0.3 is 0 Å². The zero-order chi connectivity index (χ0) is 18.5. The summed E-state index contributed by atoms with van der Waals surface area (Å²) < 4.78 is 5.42. The largest absolute Gasteiger partial charge is 0.379 e. The number of benzene rings is 1. The SMILES string of the molecule is O=C(NC(c1cccs1)C1CCCC1)c1cccc(CN2CCOCC2)c1. The summed E-state index contributed by atoms with van der Waals surface area (Å²) in [7, 11) is 0. The quantitative estimate of drug-likeness (QED) is 0.810. The van der Waals surface area contributed by atoms with E-state index in [4.69, 9.17) is 4.74 Å². The highest BCUT2D eigenvalue weighted by Gasteiger charge is 2.28. The van der Waals surface area contributed by atoms with E-state index < -0.39 is 0 Å². The van der Waals surface area contributed by atoms with Crippen LogP contribution in [0.3, 0.4) is 0 Å². The number of nitrogens with zero attached hydrogens (tertiary/aromatic N) is 1. The number of hydrogen-bond acceptors (Lipinski definition) is 4. The molecule has 1 unspecified atom stereocenters. The van der Waals surface area contributed by atoms with E-state index >= 15 is 0 Å². The van der Waals surface area contributed by atoms with Crippen molar-refractivity contribution >= 4 is 17.2 Å². The van der Waals surface area contributed by atoms with Gasteiger partial charge in [0.2, 0.25) is 0 Å². The first-order valence-corrected chi connectivity index (χ1v) is 10.9. The van der Waals surface area contributed by atoms with E-state index in [2.05, 4.69) is 33.8 Å². The van der Waals surface area contributed by atoms with E-state index in [9.17, 15) is 4.79 Å². The molecule has 1 atom stereocenters. The molecule has 1 saturated heterocycles. The Labute approximate surface area is 165 Å². The second kappa shape index (κ2) is 9.00. The van der Waals surface area contributed by atoms with Gasteiger partial charge in [0, 0.05) is 30.1 Å². The molecule has 2 heterocycles. The number of carbonyl (C=O) groups is 1. The van der Waals surface area contributed by atoms with Crippen LogP contribution in [0.2, 0.25) is 0 Å². The Kier molecular flexibility index (Phi) is 6.22. The van der Waals surface area contributed by atoms with Gasteiger partial charge in [-0.3, -0.25) is 9.69 Å². The molecule has 2 aliphatic rings. The van der Waals surface area contributed by atoms with Crippen LogP contribution in [0.1, 0.15) is 52.5 Å². The molecular weight excluding hydrogens is 356 g/mol. The third kappa shape index (κ3) is 4.78. The monoisotopic (exact) mass is 384 g/mol. The molecule has 2 fully saturated rings. The van der Waals surface area contributed by atoms with Gasteiger partial charge in [0.05, 0.1) is 19.3 Å². The molecule has 4 nitrogen and oxygen atoms in total. The van der Waals surface area contributed by atoms with Crippen molar-refractivity contribution in [3.63, 3.8) is 0 Å². The van der Waals surface area contributed by atoms with Gasteiger partial charge in [-0.1, -0.05) is 31.0 Å². The van der Waals surface area contributed by atoms with Crippen LogP contribution in [-0.4, -0.2) is 37.1 Å². The molecule has 1 saturated carbocycles. The van der Waals surface area contributed by atoms with Gasteiger partial charge in [0.1, 0.15) is 0 Å². The molecule has 1 amide bonds. The van der Waals surface area contributed by atoms with Crippen LogP contribution in [0, 0.1) is 5.92 Å². The predicted molar refractivity (Wildman–Crippen MR) is 109 cm³/mol. The van der Waals surface area contributed by atoms with Crippen molar-refractivity contribution in [2.45, 2.75) is 38.3 Å². The van der Waals surface area contributed by atoms with Crippen molar-refractivity contribution in [2.24, 2.45) is 5.92 Å². The summed E-state index contributed by atoms with van der Waals surface area (Å²) in [5, 5.41) is 5.45. The van der Waals surface area contributed by atoms with E-state index in [0.717, 1.165) is 38.4 Å². The Hall–Kier alpha value is -1.69. The second-order valence-electron chi connectivity index (χ2n) is 7.60. The molecule has 27 heavy (non-hydrogen) atoms. The third-order valence-corrected chi connectivity index (χ3v) is 6.66. The lowest BCUT2D eigenvalue weighted by Crippen LogP contribution is -2.35. The maximum atomic E-state index is 13.0. The van der Waals surface area contributed by atoms with Crippen molar-refractivity contribution in [1.82, 2.24) is 10.2 Å². The van der Waals surface area contributed by atoms with Gasteiger partial charge in [-0.2, -0.15) is 0 Å². The Balaban J connectivity index is 1.45. The summed E-state index contributed by atoms with van der Waals surface area (Å²) in [5.41, 5.74) is 1.96. The van der Waals surface area contributed by atoms with Crippen LogP contribution >= 0.6 is 11.3 Å². The topological polar surface area (TPSA) is 41.6 Å². The molecule has 1 N–H and O–H groups in total. The first-order valence-electron chi connectivity index (χ1n) is 10.0. The number of thiophene rings is 1. The number of carbonyl (C=O) groups excluding carboxylic acids is 1. The minimum Gasteiger partial charge on any atom is -0.379 e. The smallest absolute Gasteiger partial charge is 0.251 e. The summed E-state index contributed by atoms with van der Waals surface area (Å²) in [6.45, 7) is 4.38. The van der Waals surface area contributed by atoms with Crippen LogP contribution in [0.5, 0.6) is 0 Å². The highest BCUT2D eigenvalue weighted by atomic mass is 32.1. The maximum Gasteiger partial charge on any atom is 0.251 e. The van der Waals surface area contributed by atoms with E-state index in [1.807, 2.05) is 18.2 Å². The molecule has 0 spiro atoms. The van der Waals surface area contributed by atoms with Crippen LogP contribution in [0.4, 0.5) is 0 Å².